The van der Waals surface area contributed by atoms with Crippen LogP contribution in [0.3, 0.4) is 0 Å². The Kier molecular flexibility index (Phi) is 4.79. The number of nitrogens with zero attached hydrogens (tertiary/aromatic N) is 1. The van der Waals surface area contributed by atoms with Gasteiger partial charge in [-0.1, -0.05) is 18.5 Å². The smallest absolute Gasteiger partial charge is 0.105 e. The monoisotopic (exact) mass is 264 g/mol. The number of hydrogen-bond acceptors (Lipinski definition) is 3. The first-order valence-corrected chi connectivity index (χ1v) is 6.54. The lowest BCUT2D eigenvalue weighted by Crippen LogP contribution is -2.24. The Balaban J connectivity index is 2.11. The van der Waals surface area contributed by atoms with Crippen molar-refractivity contribution in [2.75, 3.05) is 6.54 Å². The molecule has 2 heterocycles. The molecule has 0 fully saturated rings. The van der Waals surface area contributed by atoms with Crippen LogP contribution in [-0.4, -0.2) is 11.5 Å². The fourth-order valence-corrected chi connectivity index (χ4v) is 1.93. The predicted octanol–water partition coefficient (Wildman–Crippen LogP) is 3.61. The third kappa shape index (κ3) is 3.59. The number of furan rings is 1. The van der Waals surface area contributed by atoms with Gasteiger partial charge in [-0.2, -0.15) is 0 Å². The fourth-order valence-electron chi connectivity index (χ4n) is 1.82. The second kappa shape index (κ2) is 6.57. The van der Waals surface area contributed by atoms with E-state index in [1.54, 1.807) is 12.5 Å². The Morgan fingerprint density at radius 3 is 2.89 bits per heavy atom. The van der Waals surface area contributed by atoms with Gasteiger partial charge in [0.2, 0.25) is 0 Å². The molecular formula is C14H17ClN2O. The third-order valence-electron chi connectivity index (χ3n) is 2.73. The van der Waals surface area contributed by atoms with E-state index in [1.165, 1.54) is 0 Å². The molecule has 0 bridgehead atoms. The Bertz CT molecular complexity index is 453. The topological polar surface area (TPSA) is 38.1 Å². The van der Waals surface area contributed by atoms with Crippen molar-refractivity contribution in [1.29, 1.82) is 0 Å². The molecule has 0 aliphatic carbocycles. The van der Waals surface area contributed by atoms with Crippen LogP contribution in [0.1, 0.15) is 30.8 Å². The lowest BCUT2D eigenvalue weighted by atomic mass is 10.1. The largest absolute Gasteiger partial charge is 0.469 e. The Morgan fingerprint density at radius 1 is 1.39 bits per heavy atom. The van der Waals surface area contributed by atoms with Crippen molar-refractivity contribution < 1.29 is 4.42 Å². The molecular weight excluding hydrogens is 248 g/mol. The zero-order valence-electron chi connectivity index (χ0n) is 10.4. The van der Waals surface area contributed by atoms with Gasteiger partial charge in [0.15, 0.2) is 0 Å². The zero-order valence-corrected chi connectivity index (χ0v) is 11.2. The number of aromatic nitrogens is 1. The molecule has 0 aliphatic rings. The molecule has 0 amide bonds. The van der Waals surface area contributed by atoms with E-state index in [-0.39, 0.29) is 6.04 Å². The summed E-state index contributed by atoms with van der Waals surface area (Å²) in [6.45, 7) is 3.10. The highest BCUT2D eigenvalue weighted by Gasteiger charge is 2.14. The van der Waals surface area contributed by atoms with E-state index in [2.05, 4.69) is 17.2 Å². The normalized spacial score (nSPS) is 12.6. The van der Waals surface area contributed by atoms with E-state index < -0.39 is 0 Å². The Hall–Kier alpha value is -1.32. The molecule has 3 nitrogen and oxygen atoms in total. The molecule has 0 saturated heterocycles. The Labute approximate surface area is 112 Å². The molecule has 0 spiro atoms. The highest BCUT2D eigenvalue weighted by molar-refractivity contribution is 6.30. The third-order valence-corrected chi connectivity index (χ3v) is 2.96. The summed E-state index contributed by atoms with van der Waals surface area (Å²) >= 11 is 5.86. The van der Waals surface area contributed by atoms with E-state index in [9.17, 15) is 0 Å². The molecule has 1 unspecified atom stereocenters. The van der Waals surface area contributed by atoms with Crippen LogP contribution in [0.5, 0.6) is 0 Å². The maximum absolute atomic E-state index is 5.86. The van der Waals surface area contributed by atoms with E-state index in [0.29, 0.717) is 5.02 Å². The van der Waals surface area contributed by atoms with Gasteiger partial charge in [0, 0.05) is 12.6 Å². The van der Waals surface area contributed by atoms with Crippen molar-refractivity contribution in [3.8, 4) is 0 Å². The molecule has 18 heavy (non-hydrogen) atoms. The number of nitrogens with one attached hydrogen (secondary N) is 1. The minimum Gasteiger partial charge on any atom is -0.469 e. The lowest BCUT2D eigenvalue weighted by Gasteiger charge is -2.16. The molecule has 0 aliphatic heterocycles. The summed E-state index contributed by atoms with van der Waals surface area (Å²) in [6.07, 6.45) is 5.25. The van der Waals surface area contributed by atoms with Crippen molar-refractivity contribution in [2.24, 2.45) is 0 Å². The first-order valence-electron chi connectivity index (χ1n) is 6.17. The average Bonchev–Trinajstić information content (AvgIpc) is 2.88. The lowest BCUT2D eigenvalue weighted by molar-refractivity contribution is 0.444. The van der Waals surface area contributed by atoms with Gasteiger partial charge in [-0.05, 0) is 37.2 Å². The van der Waals surface area contributed by atoms with Crippen LogP contribution in [-0.2, 0) is 6.42 Å². The van der Waals surface area contributed by atoms with Crippen LogP contribution in [0, 0.1) is 0 Å². The molecule has 96 valence electrons. The van der Waals surface area contributed by atoms with Gasteiger partial charge in [-0.3, -0.25) is 4.98 Å². The number of halogens is 1. The summed E-state index contributed by atoms with van der Waals surface area (Å²) in [6, 6.07) is 7.87. The standard InChI is InChI=1S/C14H17ClN2O/c1-2-7-16-14(9-12-4-3-8-18-12)13-6-5-11(15)10-17-13/h3-6,8,10,14,16H,2,7,9H2,1H3. The van der Waals surface area contributed by atoms with Crippen molar-refractivity contribution in [1.82, 2.24) is 10.3 Å². The first-order chi connectivity index (χ1) is 8.79. The van der Waals surface area contributed by atoms with Crippen LogP contribution >= 0.6 is 11.6 Å². The summed E-state index contributed by atoms with van der Waals surface area (Å²) in [4.78, 5) is 4.38. The van der Waals surface area contributed by atoms with Crippen LogP contribution in [0.15, 0.2) is 41.1 Å². The number of rotatable bonds is 6. The van der Waals surface area contributed by atoms with Gasteiger partial charge < -0.3 is 9.73 Å². The van der Waals surface area contributed by atoms with E-state index >= 15 is 0 Å². The van der Waals surface area contributed by atoms with E-state index in [4.69, 9.17) is 16.0 Å². The zero-order chi connectivity index (χ0) is 12.8. The van der Waals surface area contributed by atoms with E-state index in [0.717, 1.165) is 30.8 Å². The minimum absolute atomic E-state index is 0.161. The SMILES string of the molecule is CCCNC(Cc1ccco1)c1ccc(Cl)cn1. The van der Waals surface area contributed by atoms with Crippen molar-refractivity contribution >= 4 is 11.6 Å². The van der Waals surface area contributed by atoms with Gasteiger partial charge in [0.25, 0.3) is 0 Å². The predicted molar refractivity (Wildman–Crippen MR) is 72.7 cm³/mol. The van der Waals surface area contributed by atoms with Crippen LogP contribution in [0.2, 0.25) is 5.02 Å². The maximum Gasteiger partial charge on any atom is 0.105 e. The molecule has 0 saturated carbocycles. The molecule has 0 radical (unpaired) electrons. The quantitative estimate of drug-likeness (QED) is 0.866. The Morgan fingerprint density at radius 2 is 2.28 bits per heavy atom. The average molecular weight is 265 g/mol. The van der Waals surface area contributed by atoms with Gasteiger partial charge >= 0.3 is 0 Å². The van der Waals surface area contributed by atoms with Crippen LogP contribution in [0.4, 0.5) is 0 Å². The van der Waals surface area contributed by atoms with Crippen molar-refractivity contribution in [3.05, 3.63) is 53.2 Å². The molecule has 2 rings (SSSR count). The summed E-state index contributed by atoms with van der Waals surface area (Å²) in [5, 5.41) is 4.14. The fraction of sp³-hybridized carbons (Fsp3) is 0.357. The summed E-state index contributed by atoms with van der Waals surface area (Å²) in [5.74, 6) is 0.959. The molecule has 0 aromatic carbocycles. The molecule has 2 aromatic rings. The van der Waals surface area contributed by atoms with Gasteiger partial charge in [0.05, 0.1) is 23.0 Å². The number of pyridine rings is 1. The van der Waals surface area contributed by atoms with E-state index in [1.807, 2.05) is 24.3 Å². The molecule has 4 heteroatoms. The van der Waals surface area contributed by atoms with Gasteiger partial charge in [0.1, 0.15) is 5.76 Å². The first kappa shape index (κ1) is 13.1. The summed E-state index contributed by atoms with van der Waals surface area (Å²) < 4.78 is 5.40. The second-order valence-electron chi connectivity index (χ2n) is 4.19. The summed E-state index contributed by atoms with van der Waals surface area (Å²) in [5.41, 5.74) is 0.990. The van der Waals surface area contributed by atoms with Crippen molar-refractivity contribution in [2.45, 2.75) is 25.8 Å². The molecule has 1 atom stereocenters. The highest BCUT2D eigenvalue weighted by Crippen LogP contribution is 2.18. The highest BCUT2D eigenvalue weighted by atomic mass is 35.5. The van der Waals surface area contributed by atoms with Gasteiger partial charge in [-0.15, -0.1) is 0 Å². The van der Waals surface area contributed by atoms with Crippen molar-refractivity contribution in [3.63, 3.8) is 0 Å². The maximum atomic E-state index is 5.86. The second-order valence-corrected chi connectivity index (χ2v) is 4.63. The van der Waals surface area contributed by atoms with Crippen LogP contribution in [0.25, 0.3) is 0 Å². The molecule has 1 N–H and O–H groups in total. The molecule has 2 aromatic heterocycles. The van der Waals surface area contributed by atoms with Crippen LogP contribution < -0.4 is 5.32 Å². The number of hydrogen-bond donors (Lipinski definition) is 1. The summed E-state index contributed by atoms with van der Waals surface area (Å²) in [7, 11) is 0. The van der Waals surface area contributed by atoms with Gasteiger partial charge in [-0.25, -0.2) is 0 Å². The minimum atomic E-state index is 0.161.